The van der Waals surface area contributed by atoms with Crippen LogP contribution in [0.1, 0.15) is 56.6 Å². The van der Waals surface area contributed by atoms with Crippen molar-refractivity contribution < 1.29 is 26.2 Å². The van der Waals surface area contributed by atoms with Crippen molar-refractivity contribution in [1.82, 2.24) is 0 Å². The predicted octanol–water partition coefficient (Wildman–Crippen LogP) is 7.25. The Morgan fingerprint density at radius 3 is 2.14 bits per heavy atom. The monoisotopic (exact) mass is 443 g/mol. The summed E-state index contributed by atoms with van der Waals surface area (Å²) in [6, 6.07) is 21.3. The Balaban J connectivity index is 0.00000171. The zero-order chi connectivity index (χ0) is 18.0. The van der Waals surface area contributed by atoms with E-state index in [4.69, 9.17) is 0 Å². The molecule has 3 aromatic carbocycles. The van der Waals surface area contributed by atoms with Crippen LogP contribution in [-0.2, 0) is 38.0 Å². The summed E-state index contributed by atoms with van der Waals surface area (Å²) in [6.45, 7) is 2.24. The number of rotatable bonds is 3. The average molecular weight is 445 g/mol. The molecule has 28 heavy (non-hydrogen) atoms. The van der Waals surface area contributed by atoms with Gasteiger partial charge in [-0.3, -0.25) is 0 Å². The second kappa shape index (κ2) is 7.02. The van der Waals surface area contributed by atoms with Gasteiger partial charge in [-0.1, -0.05) is 42.8 Å². The molecule has 7 rings (SSSR count). The molecule has 0 spiro atoms. The van der Waals surface area contributed by atoms with Crippen LogP contribution in [-0.4, -0.2) is 0 Å². The molecule has 0 radical (unpaired) electrons. The van der Waals surface area contributed by atoms with Gasteiger partial charge in [0.1, 0.15) is 0 Å². The van der Waals surface area contributed by atoms with Crippen LogP contribution in [0.15, 0.2) is 54.6 Å². The molecule has 3 aromatic rings. The van der Waals surface area contributed by atoms with Gasteiger partial charge in [-0.05, 0) is 79.2 Å². The molecule has 4 aliphatic carbocycles. The first-order valence-corrected chi connectivity index (χ1v) is 11.0. The standard InChI is InChI=1S/C27H29.Zr/c1-2-18-13-23-4-3-5-25(26(23)14-18)22-6-8-24(9-7-22)27-15-19-10-20(16-27)12-21(11-19)17-27;/h3-9,13-14,19-21H,2,10-12,15-17H2,1H3;/q-1;. The van der Waals surface area contributed by atoms with Crippen LogP contribution >= 0.6 is 0 Å². The number of aryl methyl sites for hydroxylation is 1. The largest absolute Gasteiger partial charge is 0.164 e. The van der Waals surface area contributed by atoms with Gasteiger partial charge in [0.05, 0.1) is 0 Å². The predicted molar refractivity (Wildman–Crippen MR) is 114 cm³/mol. The zero-order valence-electron chi connectivity index (χ0n) is 16.9. The number of hydrogen-bond acceptors (Lipinski definition) is 0. The van der Waals surface area contributed by atoms with Gasteiger partial charge < -0.3 is 0 Å². The fourth-order valence-corrected chi connectivity index (χ4v) is 7.22. The van der Waals surface area contributed by atoms with Crippen molar-refractivity contribution in [3.8, 4) is 11.1 Å². The molecule has 4 bridgehead atoms. The Labute approximate surface area is 188 Å². The maximum absolute atomic E-state index is 2.48. The second-order valence-electron chi connectivity index (χ2n) is 9.80. The van der Waals surface area contributed by atoms with Crippen molar-refractivity contribution in [3.63, 3.8) is 0 Å². The number of fused-ring (bicyclic) bond motifs is 1. The van der Waals surface area contributed by atoms with Crippen molar-refractivity contribution in [2.24, 2.45) is 17.8 Å². The molecule has 4 aliphatic rings. The Morgan fingerprint density at radius 1 is 0.893 bits per heavy atom. The summed E-state index contributed by atoms with van der Waals surface area (Å²) < 4.78 is 0. The minimum absolute atomic E-state index is 0. The van der Waals surface area contributed by atoms with Gasteiger partial charge in [-0.25, -0.2) is 0 Å². The molecular formula is C27H29Zr-. The van der Waals surface area contributed by atoms with Crippen LogP contribution in [0.5, 0.6) is 0 Å². The number of benzene rings is 2. The molecule has 0 nitrogen and oxygen atoms in total. The summed E-state index contributed by atoms with van der Waals surface area (Å²) in [5, 5.41) is 2.80. The molecule has 4 fully saturated rings. The summed E-state index contributed by atoms with van der Waals surface area (Å²) in [4.78, 5) is 0. The van der Waals surface area contributed by atoms with E-state index in [1.54, 1.807) is 5.56 Å². The third-order valence-corrected chi connectivity index (χ3v) is 8.07. The van der Waals surface area contributed by atoms with E-state index in [0.29, 0.717) is 5.41 Å². The zero-order valence-corrected chi connectivity index (χ0v) is 19.3. The summed E-state index contributed by atoms with van der Waals surface area (Å²) >= 11 is 0. The molecule has 1 heteroatoms. The van der Waals surface area contributed by atoms with Crippen LogP contribution in [0.4, 0.5) is 0 Å². The molecule has 0 aliphatic heterocycles. The Bertz CT molecular complexity index is 955. The summed E-state index contributed by atoms with van der Waals surface area (Å²) in [7, 11) is 0. The average Bonchev–Trinajstić information content (AvgIpc) is 3.10. The maximum atomic E-state index is 2.48. The van der Waals surface area contributed by atoms with Gasteiger partial charge in [0.15, 0.2) is 0 Å². The minimum Gasteiger partial charge on any atom is -0.164 e. The molecule has 0 atom stereocenters. The van der Waals surface area contributed by atoms with Crippen LogP contribution in [0.2, 0.25) is 0 Å². The van der Waals surface area contributed by atoms with E-state index < -0.39 is 0 Å². The first-order valence-electron chi connectivity index (χ1n) is 11.0. The van der Waals surface area contributed by atoms with Gasteiger partial charge in [0.2, 0.25) is 0 Å². The Hall–Kier alpha value is -1.07. The van der Waals surface area contributed by atoms with E-state index in [-0.39, 0.29) is 26.2 Å². The van der Waals surface area contributed by atoms with Crippen LogP contribution in [0.25, 0.3) is 21.9 Å². The first-order chi connectivity index (χ1) is 13.2. The molecule has 4 saturated carbocycles. The van der Waals surface area contributed by atoms with Crippen LogP contribution in [0, 0.1) is 17.8 Å². The third kappa shape index (κ3) is 2.92. The quantitative estimate of drug-likeness (QED) is 0.373. The van der Waals surface area contributed by atoms with Gasteiger partial charge in [-0.15, -0.1) is 34.5 Å². The van der Waals surface area contributed by atoms with Crippen molar-refractivity contribution in [2.75, 3.05) is 0 Å². The molecule has 0 heterocycles. The molecule has 0 aromatic heterocycles. The van der Waals surface area contributed by atoms with Crippen LogP contribution in [0.3, 0.4) is 0 Å². The van der Waals surface area contributed by atoms with E-state index in [1.165, 1.54) is 66.0 Å². The first kappa shape index (κ1) is 18.9. The van der Waals surface area contributed by atoms with Crippen LogP contribution < -0.4 is 0 Å². The molecule has 0 N–H and O–H groups in total. The van der Waals surface area contributed by atoms with E-state index in [9.17, 15) is 0 Å². The van der Waals surface area contributed by atoms with Crippen molar-refractivity contribution in [2.45, 2.75) is 57.3 Å². The SMILES string of the molecule is CCc1cc2c(-c3ccc(C45CC6CC(CC(C6)C4)C5)cc3)cccc2[cH-]1.[Zr]. The second-order valence-corrected chi connectivity index (χ2v) is 9.80. The van der Waals surface area contributed by atoms with E-state index >= 15 is 0 Å². The fraction of sp³-hybridized carbons (Fsp3) is 0.444. The van der Waals surface area contributed by atoms with Gasteiger partial charge in [-0.2, -0.15) is 6.07 Å². The molecule has 0 unspecified atom stereocenters. The summed E-state index contributed by atoms with van der Waals surface area (Å²) in [5.74, 6) is 3.05. The van der Waals surface area contributed by atoms with E-state index in [1.807, 2.05) is 0 Å². The minimum atomic E-state index is 0. The molecule has 0 amide bonds. The van der Waals surface area contributed by atoms with Gasteiger partial charge >= 0.3 is 0 Å². The third-order valence-electron chi connectivity index (χ3n) is 8.07. The summed E-state index contributed by atoms with van der Waals surface area (Å²) in [5.41, 5.74) is 6.36. The molecular weight excluding hydrogens is 416 g/mol. The fourth-order valence-electron chi connectivity index (χ4n) is 7.22. The maximum Gasteiger partial charge on any atom is 0 e. The summed E-state index contributed by atoms with van der Waals surface area (Å²) in [6.07, 6.45) is 10.0. The van der Waals surface area contributed by atoms with Gasteiger partial charge in [0, 0.05) is 26.2 Å². The molecule has 142 valence electrons. The topological polar surface area (TPSA) is 0 Å². The van der Waals surface area contributed by atoms with E-state index in [2.05, 4.69) is 61.5 Å². The van der Waals surface area contributed by atoms with Gasteiger partial charge in [0.25, 0.3) is 0 Å². The van der Waals surface area contributed by atoms with Crippen molar-refractivity contribution >= 4 is 10.8 Å². The van der Waals surface area contributed by atoms with Crippen molar-refractivity contribution in [1.29, 1.82) is 0 Å². The normalized spacial score (nSPS) is 30.5. The Morgan fingerprint density at radius 2 is 1.54 bits per heavy atom. The van der Waals surface area contributed by atoms with Crippen molar-refractivity contribution in [3.05, 3.63) is 65.7 Å². The number of hydrogen-bond donors (Lipinski definition) is 0. The smallest absolute Gasteiger partial charge is 0 e. The van der Waals surface area contributed by atoms with E-state index in [0.717, 1.165) is 24.2 Å². The Kier molecular flexibility index (Phi) is 4.74. The molecule has 0 saturated heterocycles.